The molecule has 0 saturated heterocycles. The van der Waals surface area contributed by atoms with Crippen LogP contribution in [0.4, 0.5) is 4.39 Å². The van der Waals surface area contributed by atoms with E-state index in [-0.39, 0.29) is 23.8 Å². The van der Waals surface area contributed by atoms with E-state index < -0.39 is 15.7 Å². The van der Waals surface area contributed by atoms with Crippen molar-refractivity contribution in [3.8, 4) is 17.1 Å². The standard InChI is InChI=1S/C18H19FN4O4S/c1-22-17(13-3-5-14(19)6-4-13)21-23(18(22)24)12-11-20-28(25,26)16-9-7-15(27-2)8-10-16/h3-10,20H,11-12H2,1-2H3. The van der Waals surface area contributed by atoms with Gasteiger partial charge in [0.05, 0.1) is 18.6 Å². The molecule has 0 aliphatic heterocycles. The third-order valence-corrected chi connectivity index (χ3v) is 5.61. The second-order valence-electron chi connectivity index (χ2n) is 5.97. The minimum absolute atomic E-state index is 0.0197. The van der Waals surface area contributed by atoms with Crippen LogP contribution >= 0.6 is 0 Å². The highest BCUT2D eigenvalue weighted by molar-refractivity contribution is 7.89. The van der Waals surface area contributed by atoms with Crippen molar-refractivity contribution in [3.05, 3.63) is 64.8 Å². The van der Waals surface area contributed by atoms with Crippen LogP contribution in [-0.4, -0.2) is 36.4 Å². The van der Waals surface area contributed by atoms with Gasteiger partial charge >= 0.3 is 5.69 Å². The number of hydrogen-bond acceptors (Lipinski definition) is 5. The smallest absolute Gasteiger partial charge is 0.345 e. The van der Waals surface area contributed by atoms with Crippen LogP contribution in [0.15, 0.2) is 58.2 Å². The number of hydrogen-bond donors (Lipinski definition) is 1. The van der Waals surface area contributed by atoms with Gasteiger partial charge in [0.15, 0.2) is 5.82 Å². The minimum Gasteiger partial charge on any atom is -0.497 e. The molecule has 0 radical (unpaired) electrons. The first-order valence-corrected chi connectivity index (χ1v) is 9.83. The molecule has 0 bridgehead atoms. The zero-order chi connectivity index (χ0) is 20.3. The molecule has 28 heavy (non-hydrogen) atoms. The maximum atomic E-state index is 13.1. The summed E-state index contributed by atoms with van der Waals surface area (Å²) in [6.07, 6.45) is 0. The van der Waals surface area contributed by atoms with Crippen LogP contribution in [0.25, 0.3) is 11.4 Å². The largest absolute Gasteiger partial charge is 0.497 e. The summed E-state index contributed by atoms with van der Waals surface area (Å²) in [6, 6.07) is 11.6. The molecule has 10 heteroatoms. The van der Waals surface area contributed by atoms with Crippen LogP contribution in [0.1, 0.15) is 0 Å². The molecule has 3 aromatic rings. The van der Waals surface area contributed by atoms with Gasteiger partial charge in [0.2, 0.25) is 10.0 Å². The van der Waals surface area contributed by atoms with Gasteiger partial charge in [-0.15, -0.1) is 5.10 Å². The van der Waals surface area contributed by atoms with Crippen LogP contribution in [-0.2, 0) is 23.6 Å². The molecule has 0 spiro atoms. The SMILES string of the molecule is COc1ccc(S(=O)(=O)NCCn2nc(-c3ccc(F)cc3)n(C)c2=O)cc1. The van der Waals surface area contributed by atoms with Crippen molar-refractivity contribution >= 4 is 10.0 Å². The highest BCUT2D eigenvalue weighted by Crippen LogP contribution is 2.16. The van der Waals surface area contributed by atoms with E-state index in [9.17, 15) is 17.6 Å². The average Bonchev–Trinajstić information content (AvgIpc) is 2.97. The molecular formula is C18H19FN4O4S. The minimum atomic E-state index is -3.73. The van der Waals surface area contributed by atoms with E-state index in [0.29, 0.717) is 17.1 Å². The van der Waals surface area contributed by atoms with Gasteiger partial charge in [0, 0.05) is 19.2 Å². The van der Waals surface area contributed by atoms with Crippen LogP contribution in [0.2, 0.25) is 0 Å². The number of aromatic nitrogens is 3. The Morgan fingerprint density at radius 1 is 1.11 bits per heavy atom. The highest BCUT2D eigenvalue weighted by Gasteiger charge is 2.16. The first-order chi connectivity index (χ1) is 13.3. The summed E-state index contributed by atoms with van der Waals surface area (Å²) in [5.74, 6) is 0.524. The molecule has 0 fully saturated rings. The van der Waals surface area contributed by atoms with Gasteiger partial charge in [-0.3, -0.25) is 4.57 Å². The van der Waals surface area contributed by atoms with Crippen molar-refractivity contribution in [2.75, 3.05) is 13.7 Å². The van der Waals surface area contributed by atoms with Gasteiger partial charge in [0.1, 0.15) is 11.6 Å². The molecule has 1 aromatic heterocycles. The number of nitrogens with one attached hydrogen (secondary N) is 1. The van der Waals surface area contributed by atoms with E-state index in [0.717, 1.165) is 4.68 Å². The van der Waals surface area contributed by atoms with E-state index in [1.54, 1.807) is 19.2 Å². The fourth-order valence-corrected chi connectivity index (χ4v) is 3.63. The number of methoxy groups -OCH3 is 1. The number of ether oxygens (including phenoxy) is 1. The Hall–Kier alpha value is -2.98. The lowest BCUT2D eigenvalue weighted by atomic mass is 10.2. The molecule has 8 nitrogen and oxygen atoms in total. The molecular weight excluding hydrogens is 387 g/mol. The van der Waals surface area contributed by atoms with Crippen molar-refractivity contribution in [2.24, 2.45) is 7.05 Å². The molecule has 0 aliphatic rings. The summed E-state index contributed by atoms with van der Waals surface area (Å²) in [5, 5.41) is 4.22. The summed E-state index contributed by atoms with van der Waals surface area (Å²) in [7, 11) is -0.685. The van der Waals surface area contributed by atoms with Crippen LogP contribution < -0.4 is 15.1 Å². The predicted octanol–water partition coefficient (Wildman–Crippen LogP) is 1.37. The summed E-state index contributed by atoms with van der Waals surface area (Å²) >= 11 is 0. The molecule has 1 N–H and O–H groups in total. The van der Waals surface area contributed by atoms with Crippen LogP contribution in [0.3, 0.4) is 0 Å². The summed E-state index contributed by atoms with van der Waals surface area (Å²) in [6.45, 7) is 0.0252. The molecule has 148 valence electrons. The van der Waals surface area contributed by atoms with Crippen molar-refractivity contribution in [2.45, 2.75) is 11.4 Å². The first kappa shape index (κ1) is 19.8. The lowest BCUT2D eigenvalue weighted by Crippen LogP contribution is -2.31. The van der Waals surface area contributed by atoms with Crippen molar-refractivity contribution in [3.63, 3.8) is 0 Å². The van der Waals surface area contributed by atoms with E-state index in [1.807, 2.05) is 0 Å². The Labute approximate surface area is 161 Å². The topological polar surface area (TPSA) is 95.2 Å². The van der Waals surface area contributed by atoms with Gasteiger partial charge in [-0.2, -0.15) is 0 Å². The van der Waals surface area contributed by atoms with E-state index >= 15 is 0 Å². The predicted molar refractivity (Wildman–Crippen MR) is 101 cm³/mol. The lowest BCUT2D eigenvalue weighted by Gasteiger charge is -2.07. The molecule has 0 atom stereocenters. The third kappa shape index (κ3) is 4.12. The van der Waals surface area contributed by atoms with Crippen molar-refractivity contribution in [1.29, 1.82) is 0 Å². The molecule has 1 heterocycles. The number of benzene rings is 2. The quantitative estimate of drug-likeness (QED) is 0.640. The molecule has 0 unspecified atom stereocenters. The third-order valence-electron chi connectivity index (χ3n) is 4.13. The maximum absolute atomic E-state index is 13.1. The highest BCUT2D eigenvalue weighted by atomic mass is 32.2. The monoisotopic (exact) mass is 406 g/mol. The Kier molecular flexibility index (Phi) is 5.61. The Balaban J connectivity index is 1.71. The maximum Gasteiger partial charge on any atom is 0.345 e. The van der Waals surface area contributed by atoms with Gasteiger partial charge in [-0.1, -0.05) is 0 Å². The second-order valence-corrected chi connectivity index (χ2v) is 7.74. The fraction of sp³-hybridized carbons (Fsp3) is 0.222. The molecule has 3 rings (SSSR count). The molecule has 0 aliphatic carbocycles. The van der Waals surface area contributed by atoms with Crippen LogP contribution in [0.5, 0.6) is 5.75 Å². The van der Waals surface area contributed by atoms with E-state index in [1.165, 1.54) is 48.1 Å². The van der Waals surface area contributed by atoms with Crippen LogP contribution in [0, 0.1) is 5.82 Å². The number of sulfonamides is 1. The van der Waals surface area contributed by atoms with E-state index in [2.05, 4.69) is 9.82 Å². The normalized spacial score (nSPS) is 11.5. The number of rotatable bonds is 7. The summed E-state index contributed by atoms with van der Waals surface area (Å²) in [4.78, 5) is 12.4. The average molecular weight is 406 g/mol. The second kappa shape index (κ2) is 7.95. The van der Waals surface area contributed by atoms with Crippen molar-refractivity contribution < 1.29 is 17.5 Å². The van der Waals surface area contributed by atoms with Gasteiger partial charge < -0.3 is 4.74 Å². The molecule has 2 aromatic carbocycles. The van der Waals surface area contributed by atoms with Gasteiger partial charge in [0.25, 0.3) is 0 Å². The van der Waals surface area contributed by atoms with Gasteiger partial charge in [-0.05, 0) is 48.5 Å². The van der Waals surface area contributed by atoms with E-state index in [4.69, 9.17) is 4.74 Å². The summed E-state index contributed by atoms with van der Waals surface area (Å²) < 4.78 is 47.7. The number of nitrogens with zero attached hydrogens (tertiary/aromatic N) is 3. The zero-order valence-corrected chi connectivity index (χ0v) is 16.1. The lowest BCUT2D eigenvalue weighted by molar-refractivity contribution is 0.414. The number of halogens is 1. The molecule has 0 amide bonds. The first-order valence-electron chi connectivity index (χ1n) is 8.35. The Bertz CT molecular complexity index is 1120. The molecule has 0 saturated carbocycles. The fourth-order valence-electron chi connectivity index (χ4n) is 2.61. The Morgan fingerprint density at radius 2 is 1.75 bits per heavy atom. The Morgan fingerprint density at radius 3 is 2.36 bits per heavy atom. The van der Waals surface area contributed by atoms with Crippen molar-refractivity contribution in [1.82, 2.24) is 19.1 Å². The van der Waals surface area contributed by atoms with Gasteiger partial charge in [-0.25, -0.2) is 27.0 Å². The summed E-state index contributed by atoms with van der Waals surface area (Å²) in [5.41, 5.74) is 0.182. The zero-order valence-electron chi connectivity index (χ0n) is 15.3.